The second kappa shape index (κ2) is 7.77. The molecule has 0 saturated carbocycles. The molecule has 27 heavy (non-hydrogen) atoms. The van der Waals surface area contributed by atoms with Crippen LogP contribution in [0.3, 0.4) is 0 Å². The fourth-order valence-corrected chi connectivity index (χ4v) is 4.47. The first-order valence-electron chi connectivity index (χ1n) is 9.99. The number of rotatable bonds is 5. The first-order valence-corrected chi connectivity index (χ1v) is 9.99. The minimum atomic E-state index is -0.0126. The van der Waals surface area contributed by atoms with Crippen molar-refractivity contribution in [3.8, 4) is 11.4 Å². The Morgan fingerprint density at radius 1 is 1.26 bits per heavy atom. The number of likely N-dealkylation sites (tertiary alicyclic amines) is 1. The predicted octanol–water partition coefficient (Wildman–Crippen LogP) is 3.38. The molecule has 1 spiro atoms. The standard InChI is InChI=1S/C22H27N3O2/c1-2-27-14-10-19(26)25-13-6-11-22(16-25)12-9-18-15-23-21(24-20(18)22)17-7-4-3-5-8-17/h3-5,7-8,15H,2,6,9-14,16H2,1H3. The van der Waals surface area contributed by atoms with E-state index in [1.807, 2.05) is 48.4 Å². The highest BCUT2D eigenvalue weighted by Crippen LogP contribution is 2.44. The zero-order chi connectivity index (χ0) is 18.7. The molecule has 5 heteroatoms. The molecular weight excluding hydrogens is 338 g/mol. The van der Waals surface area contributed by atoms with Crippen molar-refractivity contribution in [3.63, 3.8) is 0 Å². The van der Waals surface area contributed by atoms with Crippen LogP contribution in [0.2, 0.25) is 0 Å². The number of nitrogens with zero attached hydrogens (tertiary/aromatic N) is 3. The van der Waals surface area contributed by atoms with E-state index in [0.717, 1.165) is 50.2 Å². The molecule has 0 radical (unpaired) electrons. The molecule has 1 fully saturated rings. The van der Waals surface area contributed by atoms with Gasteiger partial charge in [-0.05, 0) is 38.2 Å². The Morgan fingerprint density at radius 3 is 2.93 bits per heavy atom. The molecular formula is C22H27N3O2. The Kier molecular flexibility index (Phi) is 5.21. The Hall–Kier alpha value is -2.27. The highest BCUT2D eigenvalue weighted by molar-refractivity contribution is 5.76. The minimum Gasteiger partial charge on any atom is -0.381 e. The highest BCUT2D eigenvalue weighted by Gasteiger charge is 2.44. The number of ether oxygens (including phenoxy) is 1. The highest BCUT2D eigenvalue weighted by atomic mass is 16.5. The van der Waals surface area contributed by atoms with Crippen LogP contribution in [0.1, 0.15) is 43.9 Å². The van der Waals surface area contributed by atoms with Gasteiger partial charge in [0, 0.05) is 36.9 Å². The third kappa shape index (κ3) is 3.61. The van der Waals surface area contributed by atoms with E-state index in [2.05, 4.69) is 4.98 Å². The van der Waals surface area contributed by atoms with Gasteiger partial charge in [-0.2, -0.15) is 0 Å². The van der Waals surface area contributed by atoms with Crippen LogP contribution in [0.4, 0.5) is 0 Å². The summed E-state index contributed by atoms with van der Waals surface area (Å²) in [5, 5.41) is 0. The topological polar surface area (TPSA) is 55.3 Å². The smallest absolute Gasteiger partial charge is 0.224 e. The molecule has 1 unspecified atom stereocenters. The number of carbonyl (C=O) groups excluding carboxylic acids is 1. The number of aryl methyl sites for hydroxylation is 1. The fourth-order valence-electron chi connectivity index (χ4n) is 4.47. The summed E-state index contributed by atoms with van der Waals surface area (Å²) < 4.78 is 5.36. The van der Waals surface area contributed by atoms with Crippen molar-refractivity contribution in [2.24, 2.45) is 0 Å². The zero-order valence-corrected chi connectivity index (χ0v) is 16.0. The molecule has 5 nitrogen and oxygen atoms in total. The largest absolute Gasteiger partial charge is 0.381 e. The monoisotopic (exact) mass is 365 g/mol. The van der Waals surface area contributed by atoms with E-state index in [4.69, 9.17) is 9.72 Å². The molecule has 2 aromatic rings. The average molecular weight is 365 g/mol. The molecule has 1 amide bonds. The Balaban J connectivity index is 1.57. The lowest BCUT2D eigenvalue weighted by atomic mass is 9.77. The Morgan fingerprint density at radius 2 is 2.11 bits per heavy atom. The van der Waals surface area contributed by atoms with E-state index in [-0.39, 0.29) is 11.3 Å². The number of piperidine rings is 1. The maximum Gasteiger partial charge on any atom is 0.224 e. The molecule has 2 aliphatic rings. The summed E-state index contributed by atoms with van der Waals surface area (Å²) in [7, 11) is 0. The van der Waals surface area contributed by atoms with Gasteiger partial charge in [0.2, 0.25) is 5.91 Å². The van der Waals surface area contributed by atoms with E-state index in [1.54, 1.807) is 0 Å². The van der Waals surface area contributed by atoms with Crippen molar-refractivity contribution < 1.29 is 9.53 Å². The molecule has 1 aromatic carbocycles. The number of carbonyl (C=O) groups is 1. The first kappa shape index (κ1) is 18.1. The van der Waals surface area contributed by atoms with Crippen molar-refractivity contribution in [1.82, 2.24) is 14.9 Å². The summed E-state index contributed by atoms with van der Waals surface area (Å²) in [6.45, 7) is 4.74. The zero-order valence-electron chi connectivity index (χ0n) is 16.0. The van der Waals surface area contributed by atoms with E-state index in [0.29, 0.717) is 19.6 Å². The number of benzene rings is 1. The minimum absolute atomic E-state index is 0.0126. The summed E-state index contributed by atoms with van der Waals surface area (Å²) in [5.41, 5.74) is 3.45. The van der Waals surface area contributed by atoms with Crippen molar-refractivity contribution >= 4 is 5.91 Å². The van der Waals surface area contributed by atoms with Gasteiger partial charge >= 0.3 is 0 Å². The molecule has 142 valence electrons. The summed E-state index contributed by atoms with van der Waals surface area (Å²) >= 11 is 0. The van der Waals surface area contributed by atoms with Crippen molar-refractivity contribution in [1.29, 1.82) is 0 Å². The maximum atomic E-state index is 12.6. The molecule has 1 aliphatic carbocycles. The lowest BCUT2D eigenvalue weighted by molar-refractivity contribution is -0.134. The van der Waals surface area contributed by atoms with Crippen LogP contribution in [-0.4, -0.2) is 47.1 Å². The molecule has 4 rings (SSSR count). The number of hydrogen-bond acceptors (Lipinski definition) is 4. The van der Waals surface area contributed by atoms with Gasteiger partial charge in [-0.25, -0.2) is 9.97 Å². The molecule has 1 aliphatic heterocycles. The van der Waals surface area contributed by atoms with Crippen LogP contribution in [0, 0.1) is 0 Å². The maximum absolute atomic E-state index is 12.6. The van der Waals surface area contributed by atoms with Gasteiger partial charge in [-0.15, -0.1) is 0 Å². The Bertz CT molecular complexity index is 804. The van der Waals surface area contributed by atoms with E-state index < -0.39 is 0 Å². The van der Waals surface area contributed by atoms with Crippen LogP contribution >= 0.6 is 0 Å². The van der Waals surface area contributed by atoms with Gasteiger partial charge in [0.1, 0.15) is 0 Å². The van der Waals surface area contributed by atoms with Crippen molar-refractivity contribution in [3.05, 3.63) is 47.8 Å². The third-order valence-electron chi connectivity index (χ3n) is 5.87. The molecule has 0 N–H and O–H groups in total. The number of fused-ring (bicyclic) bond motifs is 2. The van der Waals surface area contributed by atoms with Crippen LogP contribution in [0.5, 0.6) is 0 Å². The van der Waals surface area contributed by atoms with E-state index >= 15 is 0 Å². The fraction of sp³-hybridized carbons (Fsp3) is 0.500. The van der Waals surface area contributed by atoms with Crippen LogP contribution < -0.4 is 0 Å². The van der Waals surface area contributed by atoms with E-state index in [1.165, 1.54) is 11.3 Å². The normalized spacial score (nSPS) is 21.4. The molecule has 1 atom stereocenters. The van der Waals surface area contributed by atoms with Gasteiger partial charge in [-0.1, -0.05) is 30.3 Å². The van der Waals surface area contributed by atoms with Gasteiger partial charge in [-0.3, -0.25) is 4.79 Å². The lowest BCUT2D eigenvalue weighted by Crippen LogP contribution is -2.48. The molecule has 0 bridgehead atoms. The Labute approximate surface area is 160 Å². The molecule has 2 heterocycles. The lowest BCUT2D eigenvalue weighted by Gasteiger charge is -2.40. The summed E-state index contributed by atoms with van der Waals surface area (Å²) in [6, 6.07) is 10.1. The van der Waals surface area contributed by atoms with Crippen LogP contribution in [0.25, 0.3) is 11.4 Å². The second-order valence-electron chi connectivity index (χ2n) is 7.58. The number of hydrogen-bond donors (Lipinski definition) is 0. The molecule has 1 aromatic heterocycles. The van der Waals surface area contributed by atoms with Crippen molar-refractivity contribution in [2.75, 3.05) is 26.3 Å². The predicted molar refractivity (Wildman–Crippen MR) is 104 cm³/mol. The average Bonchev–Trinajstić information content (AvgIpc) is 3.06. The van der Waals surface area contributed by atoms with Gasteiger partial charge < -0.3 is 9.64 Å². The number of aromatic nitrogens is 2. The third-order valence-corrected chi connectivity index (χ3v) is 5.87. The number of amides is 1. The van der Waals surface area contributed by atoms with Gasteiger partial charge in [0.05, 0.1) is 18.7 Å². The quantitative estimate of drug-likeness (QED) is 0.762. The van der Waals surface area contributed by atoms with Crippen molar-refractivity contribution in [2.45, 2.75) is 44.4 Å². The molecule has 1 saturated heterocycles. The summed E-state index contributed by atoms with van der Waals surface area (Å²) in [4.78, 5) is 24.2. The van der Waals surface area contributed by atoms with E-state index in [9.17, 15) is 4.79 Å². The van der Waals surface area contributed by atoms with Gasteiger partial charge in [0.15, 0.2) is 5.82 Å². The van der Waals surface area contributed by atoms with Crippen LogP contribution in [-0.2, 0) is 21.4 Å². The second-order valence-corrected chi connectivity index (χ2v) is 7.58. The summed E-state index contributed by atoms with van der Waals surface area (Å²) in [5.74, 6) is 0.990. The summed E-state index contributed by atoms with van der Waals surface area (Å²) in [6.07, 6.45) is 6.66. The van der Waals surface area contributed by atoms with Gasteiger partial charge in [0.25, 0.3) is 0 Å². The van der Waals surface area contributed by atoms with Crippen LogP contribution in [0.15, 0.2) is 36.5 Å². The first-order chi connectivity index (χ1) is 13.2. The SMILES string of the molecule is CCOCCC(=O)N1CCCC2(CCc3cnc(-c4ccccc4)nc32)C1.